The second kappa shape index (κ2) is 10.6. The molecule has 4 heterocycles. The first-order chi connectivity index (χ1) is 18.7. The molecule has 1 fully saturated rings. The number of fused-ring (bicyclic) bond motifs is 1. The molecule has 1 aliphatic rings. The number of nitro groups is 1. The molecule has 0 saturated carbocycles. The van der Waals surface area contributed by atoms with Crippen LogP contribution in [-0.4, -0.2) is 47.9 Å². The highest BCUT2D eigenvalue weighted by Gasteiger charge is 2.23. The van der Waals surface area contributed by atoms with E-state index in [-0.39, 0.29) is 30.2 Å². The molecule has 204 valence electrons. The van der Waals surface area contributed by atoms with Gasteiger partial charge >= 0.3 is 17.7 Å². The van der Waals surface area contributed by atoms with Crippen LogP contribution in [0.25, 0.3) is 11.0 Å². The molecule has 0 unspecified atom stereocenters. The van der Waals surface area contributed by atoms with Gasteiger partial charge in [-0.05, 0) is 48.5 Å². The first kappa shape index (κ1) is 25.9. The van der Waals surface area contributed by atoms with Gasteiger partial charge in [-0.15, -0.1) is 0 Å². The molecule has 0 aliphatic carbocycles. The minimum absolute atomic E-state index is 0.00425. The maximum absolute atomic E-state index is 12.9. The normalized spacial score (nSPS) is 13.9. The number of aromatic nitrogens is 5. The van der Waals surface area contributed by atoms with Crippen LogP contribution in [0, 0.1) is 17.0 Å². The Hall–Kier alpha value is -4.72. The Morgan fingerprint density at radius 2 is 1.92 bits per heavy atom. The van der Waals surface area contributed by atoms with Crippen molar-refractivity contribution in [3.05, 3.63) is 68.5 Å². The van der Waals surface area contributed by atoms with Crippen molar-refractivity contribution in [2.45, 2.75) is 32.4 Å². The van der Waals surface area contributed by atoms with Gasteiger partial charge < -0.3 is 24.3 Å². The number of nitrogens with one attached hydrogen (secondary N) is 1. The third kappa shape index (κ3) is 5.18. The van der Waals surface area contributed by atoms with E-state index >= 15 is 0 Å². The SMILES string of the molecule is Cc1cc(OCc2cnc([N+](=O)[O-])n2C)ccc1NC(=O)Oc1cc2c(cn1)n(C)c(=O)n2C1CCOCC1. The molecular weight excluding hydrogens is 510 g/mol. The number of anilines is 1. The van der Waals surface area contributed by atoms with E-state index in [4.69, 9.17) is 14.2 Å². The molecule has 14 nitrogen and oxygen atoms in total. The molecule has 0 radical (unpaired) electrons. The van der Waals surface area contributed by atoms with Gasteiger partial charge in [0.15, 0.2) is 5.69 Å². The first-order valence-electron chi connectivity index (χ1n) is 12.2. The molecule has 1 N–H and O–H groups in total. The van der Waals surface area contributed by atoms with E-state index in [1.165, 1.54) is 21.5 Å². The fourth-order valence-electron chi connectivity index (χ4n) is 4.58. The van der Waals surface area contributed by atoms with Crippen LogP contribution in [0.3, 0.4) is 0 Å². The molecule has 3 aromatic heterocycles. The van der Waals surface area contributed by atoms with E-state index in [1.54, 1.807) is 49.9 Å². The summed E-state index contributed by atoms with van der Waals surface area (Å²) in [4.78, 5) is 43.9. The molecular formula is C25H27N7O7. The van der Waals surface area contributed by atoms with Crippen LogP contribution < -0.4 is 20.5 Å². The molecule has 1 aromatic carbocycles. The fraction of sp³-hybridized carbons (Fsp3) is 0.360. The van der Waals surface area contributed by atoms with E-state index in [1.807, 2.05) is 0 Å². The summed E-state index contributed by atoms with van der Waals surface area (Å²) in [5.74, 6) is 0.308. The van der Waals surface area contributed by atoms with Crippen LogP contribution in [0.1, 0.15) is 30.1 Å². The number of aryl methyl sites for hydroxylation is 2. The number of nitrogens with zero attached hydrogens (tertiary/aromatic N) is 6. The zero-order valence-corrected chi connectivity index (χ0v) is 21.6. The second-order valence-corrected chi connectivity index (χ2v) is 9.21. The molecule has 5 rings (SSSR count). The number of benzene rings is 1. The lowest BCUT2D eigenvalue weighted by Gasteiger charge is -2.23. The average molecular weight is 538 g/mol. The van der Waals surface area contributed by atoms with Crippen molar-refractivity contribution >= 4 is 28.8 Å². The standard InChI is InChI=1S/C25H27N7O7/c1-15-10-18(38-14-17-12-27-23(29(17)2)32(35)36)4-5-19(15)28-24(33)39-22-11-20-21(13-26-22)30(3)25(34)31(20)16-6-8-37-9-7-16/h4-5,10-13,16H,6-9,14H2,1-3H3,(H,28,33). The van der Waals surface area contributed by atoms with Crippen LogP contribution in [0.15, 0.2) is 41.5 Å². The summed E-state index contributed by atoms with van der Waals surface area (Å²) in [6.45, 7) is 3.04. The molecule has 4 aromatic rings. The van der Waals surface area contributed by atoms with Crippen LogP contribution in [0.4, 0.5) is 16.4 Å². The second-order valence-electron chi connectivity index (χ2n) is 9.21. The minimum Gasteiger partial charge on any atom is -0.486 e. The number of ether oxygens (including phenoxy) is 3. The van der Waals surface area contributed by atoms with Crippen molar-refractivity contribution in [2.75, 3.05) is 18.5 Å². The highest BCUT2D eigenvalue weighted by Crippen LogP contribution is 2.27. The number of amides is 1. The van der Waals surface area contributed by atoms with Gasteiger partial charge in [0.05, 0.1) is 24.3 Å². The summed E-state index contributed by atoms with van der Waals surface area (Å²) in [6, 6.07) is 6.64. The Labute approximate surface area is 221 Å². The van der Waals surface area contributed by atoms with Crippen LogP contribution >= 0.6 is 0 Å². The van der Waals surface area contributed by atoms with Gasteiger partial charge in [0.2, 0.25) is 5.88 Å². The van der Waals surface area contributed by atoms with Crippen molar-refractivity contribution in [1.82, 2.24) is 23.7 Å². The largest absolute Gasteiger partial charge is 0.486 e. The molecule has 1 saturated heterocycles. The number of carbonyl (C=O) groups excluding carboxylic acids is 1. The van der Waals surface area contributed by atoms with Crippen molar-refractivity contribution in [2.24, 2.45) is 14.1 Å². The lowest BCUT2D eigenvalue weighted by Crippen LogP contribution is -2.29. The summed E-state index contributed by atoms with van der Waals surface area (Å²) in [7, 11) is 3.23. The van der Waals surface area contributed by atoms with Crippen LogP contribution in [0.2, 0.25) is 0 Å². The molecule has 0 atom stereocenters. The van der Waals surface area contributed by atoms with Gasteiger partial charge in [-0.2, -0.15) is 0 Å². The Balaban J connectivity index is 1.26. The molecule has 39 heavy (non-hydrogen) atoms. The quantitative estimate of drug-likeness (QED) is 0.276. The number of hydrogen-bond donors (Lipinski definition) is 1. The van der Waals surface area contributed by atoms with Gasteiger partial charge in [0, 0.05) is 38.1 Å². The van der Waals surface area contributed by atoms with Gasteiger partial charge in [-0.25, -0.2) is 19.1 Å². The van der Waals surface area contributed by atoms with Crippen molar-refractivity contribution < 1.29 is 23.9 Å². The molecule has 0 spiro atoms. The van der Waals surface area contributed by atoms with E-state index in [2.05, 4.69) is 15.3 Å². The Kier molecular flexibility index (Phi) is 7.02. The number of carbonyl (C=O) groups is 1. The third-order valence-corrected chi connectivity index (χ3v) is 6.75. The van der Waals surface area contributed by atoms with Crippen LogP contribution in [0.5, 0.6) is 11.6 Å². The maximum atomic E-state index is 12.9. The summed E-state index contributed by atoms with van der Waals surface area (Å²) in [5.41, 5.74) is 2.88. The lowest BCUT2D eigenvalue weighted by molar-refractivity contribution is -0.396. The van der Waals surface area contributed by atoms with Gasteiger partial charge in [0.25, 0.3) is 0 Å². The zero-order chi connectivity index (χ0) is 27.7. The zero-order valence-electron chi connectivity index (χ0n) is 21.6. The Morgan fingerprint density at radius 1 is 1.15 bits per heavy atom. The summed E-state index contributed by atoms with van der Waals surface area (Å²) < 4.78 is 21.2. The number of pyridine rings is 1. The van der Waals surface area contributed by atoms with Gasteiger partial charge in [-0.1, -0.05) is 4.98 Å². The topological polar surface area (TPSA) is 158 Å². The highest BCUT2D eigenvalue weighted by molar-refractivity contribution is 5.87. The van der Waals surface area contributed by atoms with Crippen LogP contribution in [-0.2, 0) is 25.4 Å². The molecule has 1 amide bonds. The molecule has 1 aliphatic heterocycles. The summed E-state index contributed by atoms with van der Waals surface area (Å²) in [6.07, 6.45) is 3.61. The number of hydrogen-bond acceptors (Lipinski definition) is 9. The lowest BCUT2D eigenvalue weighted by atomic mass is 10.1. The fourth-order valence-corrected chi connectivity index (χ4v) is 4.58. The highest BCUT2D eigenvalue weighted by atomic mass is 16.6. The Bertz CT molecular complexity index is 1610. The van der Waals surface area contributed by atoms with Crippen molar-refractivity contribution in [3.63, 3.8) is 0 Å². The van der Waals surface area contributed by atoms with E-state index < -0.39 is 11.0 Å². The maximum Gasteiger partial charge on any atom is 0.434 e. The summed E-state index contributed by atoms with van der Waals surface area (Å²) >= 11 is 0. The predicted octanol–water partition coefficient (Wildman–Crippen LogP) is 3.23. The predicted molar refractivity (Wildman–Crippen MR) is 139 cm³/mol. The summed E-state index contributed by atoms with van der Waals surface area (Å²) in [5, 5.41) is 13.7. The Morgan fingerprint density at radius 3 is 2.62 bits per heavy atom. The molecule has 14 heteroatoms. The van der Waals surface area contributed by atoms with Crippen molar-refractivity contribution in [1.29, 1.82) is 0 Å². The van der Waals surface area contributed by atoms with Gasteiger partial charge in [0.1, 0.15) is 18.6 Å². The third-order valence-electron chi connectivity index (χ3n) is 6.75. The first-order valence-corrected chi connectivity index (χ1v) is 12.2. The van der Waals surface area contributed by atoms with E-state index in [0.29, 0.717) is 46.9 Å². The molecule has 0 bridgehead atoms. The van der Waals surface area contributed by atoms with E-state index in [0.717, 1.165) is 12.8 Å². The number of imidazole rings is 2. The minimum atomic E-state index is -0.739. The monoisotopic (exact) mass is 537 g/mol. The van der Waals surface area contributed by atoms with Gasteiger partial charge in [-0.3, -0.25) is 14.5 Å². The van der Waals surface area contributed by atoms with Crippen molar-refractivity contribution in [3.8, 4) is 11.6 Å². The van der Waals surface area contributed by atoms with E-state index in [9.17, 15) is 19.7 Å². The number of rotatable bonds is 7. The smallest absolute Gasteiger partial charge is 0.434 e. The average Bonchev–Trinajstić information content (AvgIpc) is 3.40.